The molecule has 4 nitrogen and oxygen atoms in total. The quantitative estimate of drug-likeness (QED) is 0.785. The molecule has 4 heteroatoms. The van der Waals surface area contributed by atoms with Crippen molar-refractivity contribution in [2.24, 2.45) is 11.3 Å². The Kier molecular flexibility index (Phi) is 4.61. The average molecular weight is 264 g/mol. The molecular weight excluding hydrogens is 236 g/mol. The van der Waals surface area contributed by atoms with E-state index in [-0.39, 0.29) is 0 Å². The molecule has 1 aromatic heterocycles. The van der Waals surface area contributed by atoms with Gasteiger partial charge in [0.2, 0.25) is 0 Å². The van der Waals surface area contributed by atoms with Gasteiger partial charge in [-0.05, 0) is 37.1 Å². The standard InChI is InChI=1S/C15H28N4/c1-5-7-16-13(12-10-15(12,3)4)9-14-17-11-18-19(14)8-6-2/h11-13,16H,5-10H2,1-4H3. The maximum absolute atomic E-state index is 4.45. The molecule has 0 bridgehead atoms. The lowest BCUT2D eigenvalue weighted by atomic mass is 10.0. The number of rotatable bonds is 8. The van der Waals surface area contributed by atoms with E-state index >= 15 is 0 Å². The van der Waals surface area contributed by atoms with Crippen LogP contribution < -0.4 is 5.32 Å². The number of nitrogens with zero attached hydrogens (tertiary/aromatic N) is 3. The first kappa shape index (κ1) is 14.5. The van der Waals surface area contributed by atoms with Gasteiger partial charge in [0.15, 0.2) is 0 Å². The van der Waals surface area contributed by atoms with Crippen LogP contribution in [0.2, 0.25) is 0 Å². The highest BCUT2D eigenvalue weighted by molar-refractivity contribution is 5.05. The first-order chi connectivity index (χ1) is 9.08. The third-order valence-corrected chi connectivity index (χ3v) is 4.27. The number of aryl methyl sites for hydroxylation is 1. The van der Waals surface area contributed by atoms with Crippen LogP contribution >= 0.6 is 0 Å². The topological polar surface area (TPSA) is 42.7 Å². The summed E-state index contributed by atoms with van der Waals surface area (Å²) in [6.07, 6.45) is 6.33. The second-order valence-electron chi connectivity index (χ2n) is 6.46. The van der Waals surface area contributed by atoms with Crippen molar-refractivity contribution in [1.29, 1.82) is 0 Å². The predicted octanol–water partition coefficient (Wildman–Crippen LogP) is 2.64. The summed E-state index contributed by atoms with van der Waals surface area (Å²) in [4.78, 5) is 4.45. The predicted molar refractivity (Wildman–Crippen MR) is 78.0 cm³/mol. The Morgan fingerprint density at radius 3 is 2.74 bits per heavy atom. The molecule has 1 N–H and O–H groups in total. The first-order valence-corrected chi connectivity index (χ1v) is 7.68. The lowest BCUT2D eigenvalue weighted by molar-refractivity contribution is 0.389. The van der Waals surface area contributed by atoms with Gasteiger partial charge < -0.3 is 5.32 Å². The zero-order valence-electron chi connectivity index (χ0n) is 12.8. The maximum Gasteiger partial charge on any atom is 0.138 e. The Balaban J connectivity index is 2.01. The summed E-state index contributed by atoms with van der Waals surface area (Å²) in [7, 11) is 0. The summed E-state index contributed by atoms with van der Waals surface area (Å²) in [5.41, 5.74) is 0.501. The molecule has 0 aromatic carbocycles. The second kappa shape index (κ2) is 6.04. The Labute approximate surface area is 117 Å². The molecular formula is C15H28N4. The molecule has 1 heterocycles. The highest BCUT2D eigenvalue weighted by Gasteiger charge is 2.49. The van der Waals surface area contributed by atoms with Crippen molar-refractivity contribution >= 4 is 0 Å². The molecule has 19 heavy (non-hydrogen) atoms. The van der Waals surface area contributed by atoms with Gasteiger partial charge in [0.1, 0.15) is 12.2 Å². The Morgan fingerprint density at radius 2 is 2.16 bits per heavy atom. The normalized spacial score (nSPS) is 22.4. The fourth-order valence-corrected chi connectivity index (χ4v) is 2.92. The van der Waals surface area contributed by atoms with Crippen molar-refractivity contribution in [3.05, 3.63) is 12.2 Å². The van der Waals surface area contributed by atoms with Crippen molar-refractivity contribution in [2.45, 2.75) is 66.0 Å². The number of nitrogens with one attached hydrogen (secondary N) is 1. The minimum absolute atomic E-state index is 0.501. The van der Waals surface area contributed by atoms with Crippen LogP contribution in [0.15, 0.2) is 6.33 Å². The van der Waals surface area contributed by atoms with Crippen molar-refractivity contribution in [1.82, 2.24) is 20.1 Å². The van der Waals surface area contributed by atoms with Crippen molar-refractivity contribution in [2.75, 3.05) is 6.54 Å². The van der Waals surface area contributed by atoms with Crippen molar-refractivity contribution < 1.29 is 0 Å². The van der Waals surface area contributed by atoms with Crippen LogP contribution in [0.1, 0.15) is 52.8 Å². The zero-order chi connectivity index (χ0) is 13.9. The number of hydrogen-bond acceptors (Lipinski definition) is 3. The van der Waals surface area contributed by atoms with Gasteiger partial charge in [-0.25, -0.2) is 4.98 Å². The lowest BCUT2D eigenvalue weighted by Gasteiger charge is -2.20. The van der Waals surface area contributed by atoms with E-state index in [4.69, 9.17) is 0 Å². The molecule has 1 saturated carbocycles. The van der Waals surface area contributed by atoms with E-state index in [1.165, 1.54) is 12.8 Å². The third-order valence-electron chi connectivity index (χ3n) is 4.27. The van der Waals surface area contributed by atoms with Crippen LogP contribution in [0.25, 0.3) is 0 Å². The fraction of sp³-hybridized carbons (Fsp3) is 0.867. The molecule has 2 rings (SSSR count). The van der Waals surface area contributed by atoms with Crippen LogP contribution in [0.3, 0.4) is 0 Å². The molecule has 0 aliphatic heterocycles. The van der Waals surface area contributed by atoms with Gasteiger partial charge in [-0.2, -0.15) is 5.10 Å². The first-order valence-electron chi connectivity index (χ1n) is 7.68. The third kappa shape index (κ3) is 3.56. The van der Waals surface area contributed by atoms with E-state index in [9.17, 15) is 0 Å². The van der Waals surface area contributed by atoms with Crippen LogP contribution in [0, 0.1) is 11.3 Å². The highest BCUT2D eigenvalue weighted by atomic mass is 15.3. The molecule has 0 spiro atoms. The van der Waals surface area contributed by atoms with Crippen LogP contribution in [-0.2, 0) is 13.0 Å². The van der Waals surface area contributed by atoms with Gasteiger partial charge >= 0.3 is 0 Å². The molecule has 2 unspecified atom stereocenters. The minimum Gasteiger partial charge on any atom is -0.313 e. The zero-order valence-corrected chi connectivity index (χ0v) is 12.8. The number of hydrogen-bond donors (Lipinski definition) is 1. The Bertz CT molecular complexity index is 397. The Hall–Kier alpha value is -0.900. The number of aromatic nitrogens is 3. The smallest absolute Gasteiger partial charge is 0.138 e. The highest BCUT2D eigenvalue weighted by Crippen LogP contribution is 2.53. The van der Waals surface area contributed by atoms with Gasteiger partial charge in [0.25, 0.3) is 0 Å². The SMILES string of the molecule is CCCNC(Cc1ncnn1CCC)C1CC1(C)C. The fourth-order valence-electron chi connectivity index (χ4n) is 2.92. The molecule has 2 atom stereocenters. The van der Waals surface area contributed by atoms with Crippen molar-refractivity contribution in [3.63, 3.8) is 0 Å². The Morgan fingerprint density at radius 1 is 1.42 bits per heavy atom. The monoisotopic (exact) mass is 264 g/mol. The van der Waals surface area contributed by atoms with Crippen LogP contribution in [0.4, 0.5) is 0 Å². The van der Waals surface area contributed by atoms with E-state index in [2.05, 4.69) is 47.8 Å². The molecule has 108 valence electrons. The summed E-state index contributed by atoms with van der Waals surface area (Å²) >= 11 is 0. The van der Waals surface area contributed by atoms with E-state index in [1.807, 2.05) is 0 Å². The molecule has 0 saturated heterocycles. The van der Waals surface area contributed by atoms with Crippen LogP contribution in [-0.4, -0.2) is 27.4 Å². The summed E-state index contributed by atoms with van der Waals surface area (Å²) < 4.78 is 2.07. The van der Waals surface area contributed by atoms with E-state index in [0.29, 0.717) is 11.5 Å². The summed E-state index contributed by atoms with van der Waals surface area (Å²) in [5, 5.41) is 8.05. The van der Waals surface area contributed by atoms with E-state index in [1.54, 1.807) is 6.33 Å². The van der Waals surface area contributed by atoms with E-state index in [0.717, 1.165) is 37.7 Å². The molecule has 1 aliphatic rings. The largest absolute Gasteiger partial charge is 0.313 e. The maximum atomic E-state index is 4.45. The molecule has 0 radical (unpaired) electrons. The molecule has 1 fully saturated rings. The van der Waals surface area contributed by atoms with Gasteiger partial charge in [-0.15, -0.1) is 0 Å². The second-order valence-corrected chi connectivity index (χ2v) is 6.46. The summed E-state index contributed by atoms with van der Waals surface area (Å²) in [6.45, 7) is 11.2. The summed E-state index contributed by atoms with van der Waals surface area (Å²) in [6, 6.07) is 0.551. The average Bonchev–Trinajstić information content (AvgIpc) is 2.80. The molecule has 1 aromatic rings. The lowest BCUT2D eigenvalue weighted by Crippen LogP contribution is -2.36. The summed E-state index contributed by atoms with van der Waals surface area (Å²) in [5.74, 6) is 1.92. The van der Waals surface area contributed by atoms with Gasteiger partial charge in [-0.1, -0.05) is 27.7 Å². The molecule has 1 aliphatic carbocycles. The molecule has 0 amide bonds. The van der Waals surface area contributed by atoms with Crippen LogP contribution in [0.5, 0.6) is 0 Å². The van der Waals surface area contributed by atoms with Crippen molar-refractivity contribution in [3.8, 4) is 0 Å². The van der Waals surface area contributed by atoms with Gasteiger partial charge in [-0.3, -0.25) is 4.68 Å². The van der Waals surface area contributed by atoms with Gasteiger partial charge in [0, 0.05) is 19.0 Å². The van der Waals surface area contributed by atoms with Gasteiger partial charge in [0.05, 0.1) is 0 Å². The van der Waals surface area contributed by atoms with E-state index < -0.39 is 0 Å². The minimum atomic E-state index is 0.501.